The molecule has 0 bridgehead atoms. The van der Waals surface area contributed by atoms with E-state index in [1.165, 1.54) is 37.4 Å². The number of aromatic hydroxyl groups is 2. The summed E-state index contributed by atoms with van der Waals surface area (Å²) in [5.74, 6) is -0.176. The number of rotatable bonds is 3. The predicted octanol–water partition coefficient (Wildman–Crippen LogP) is 2.46. The first-order valence-electron chi connectivity index (χ1n) is 8.95. The van der Waals surface area contributed by atoms with Crippen LogP contribution in [0, 0.1) is 6.92 Å². The van der Waals surface area contributed by atoms with Crippen LogP contribution in [0.1, 0.15) is 11.1 Å². The zero-order valence-corrected chi connectivity index (χ0v) is 15.8. The maximum absolute atomic E-state index is 13.1. The van der Waals surface area contributed by atoms with Crippen molar-refractivity contribution in [3.63, 3.8) is 0 Å². The first-order chi connectivity index (χ1) is 13.8. The van der Waals surface area contributed by atoms with Crippen LogP contribution in [-0.4, -0.2) is 22.4 Å². The number of aliphatic hydroxyl groups is 1. The normalized spacial score (nSPS) is 12.5. The Morgan fingerprint density at radius 2 is 1.79 bits per heavy atom. The third-order valence-corrected chi connectivity index (χ3v) is 5.12. The summed E-state index contributed by atoms with van der Waals surface area (Å²) in [5.41, 5.74) is 0.865. The van der Waals surface area contributed by atoms with Crippen LogP contribution in [0.2, 0.25) is 0 Å². The molecule has 2 aliphatic rings. The van der Waals surface area contributed by atoms with Crippen molar-refractivity contribution in [2.45, 2.75) is 13.3 Å². The van der Waals surface area contributed by atoms with Gasteiger partial charge in [-0.15, -0.1) is 0 Å². The van der Waals surface area contributed by atoms with Gasteiger partial charge in [0.25, 0.3) is 0 Å². The van der Waals surface area contributed by atoms with Gasteiger partial charge < -0.3 is 20.1 Å². The number of phenols is 2. The number of ether oxygens (including phenoxy) is 1. The zero-order chi connectivity index (χ0) is 20.9. The number of hydrogen-bond acceptors (Lipinski definition) is 6. The Morgan fingerprint density at radius 3 is 2.48 bits per heavy atom. The van der Waals surface area contributed by atoms with E-state index in [-0.39, 0.29) is 45.3 Å². The summed E-state index contributed by atoms with van der Waals surface area (Å²) in [6, 6.07) is 10.4. The van der Waals surface area contributed by atoms with Gasteiger partial charge in [-0.3, -0.25) is 9.59 Å². The van der Waals surface area contributed by atoms with Crippen molar-refractivity contribution in [3.05, 3.63) is 79.3 Å². The van der Waals surface area contributed by atoms with Gasteiger partial charge in [-0.1, -0.05) is 12.1 Å². The molecule has 6 nitrogen and oxygen atoms in total. The van der Waals surface area contributed by atoms with Gasteiger partial charge in [0.1, 0.15) is 23.0 Å². The molecule has 2 aliphatic carbocycles. The highest BCUT2D eigenvalue weighted by Gasteiger charge is 2.24. The molecule has 0 unspecified atom stereocenters. The van der Waals surface area contributed by atoms with Gasteiger partial charge in [0, 0.05) is 29.0 Å². The minimum Gasteiger partial charge on any atom is -0.511 e. The number of aliphatic hydroxyl groups excluding tert-OH is 1. The minimum absolute atomic E-state index is 0.0125. The number of hydrogen-bond donors (Lipinski definition) is 3. The van der Waals surface area contributed by atoms with Crippen molar-refractivity contribution >= 4 is 16.5 Å². The third-order valence-electron chi connectivity index (χ3n) is 5.12. The second-order valence-electron chi connectivity index (χ2n) is 7.01. The SMILES string of the molecule is COc1cc(O)c2c3c1c(C)cc(=O)c-3c/c(=C(\O)Cc1cccc(O)c1)c2=O. The van der Waals surface area contributed by atoms with E-state index in [1.54, 1.807) is 19.1 Å². The summed E-state index contributed by atoms with van der Waals surface area (Å²) in [7, 11) is 1.45. The molecule has 0 spiro atoms. The van der Waals surface area contributed by atoms with Crippen molar-refractivity contribution in [1.29, 1.82) is 0 Å². The molecule has 146 valence electrons. The molecular formula is C23H18O6. The molecule has 0 amide bonds. The predicted molar refractivity (Wildman–Crippen MR) is 110 cm³/mol. The van der Waals surface area contributed by atoms with E-state index >= 15 is 0 Å². The zero-order valence-electron chi connectivity index (χ0n) is 15.8. The lowest BCUT2D eigenvalue weighted by molar-refractivity contribution is 0.413. The van der Waals surface area contributed by atoms with Gasteiger partial charge in [0.15, 0.2) is 5.43 Å². The van der Waals surface area contributed by atoms with Crippen LogP contribution in [0.25, 0.3) is 27.7 Å². The second kappa shape index (κ2) is 6.67. The number of aryl methyl sites for hydroxylation is 1. The Bertz CT molecular complexity index is 1390. The Balaban J connectivity index is 2.12. The largest absolute Gasteiger partial charge is 0.511 e. The quantitative estimate of drug-likeness (QED) is 0.496. The van der Waals surface area contributed by atoms with Gasteiger partial charge >= 0.3 is 0 Å². The van der Waals surface area contributed by atoms with Gasteiger partial charge in [0.2, 0.25) is 5.43 Å². The summed E-state index contributed by atoms with van der Waals surface area (Å²) in [6.45, 7) is 1.74. The fourth-order valence-corrected chi connectivity index (χ4v) is 3.82. The first kappa shape index (κ1) is 18.6. The average Bonchev–Trinajstić information content (AvgIpc) is 2.66. The molecular weight excluding hydrogens is 372 g/mol. The van der Waals surface area contributed by atoms with Crippen molar-refractivity contribution in [3.8, 4) is 28.4 Å². The highest BCUT2D eigenvalue weighted by atomic mass is 16.5. The highest BCUT2D eigenvalue weighted by Crippen LogP contribution is 2.41. The molecule has 2 aromatic rings. The lowest BCUT2D eigenvalue weighted by atomic mass is 9.88. The summed E-state index contributed by atoms with van der Waals surface area (Å²) in [6.07, 6.45) is -0.0125. The molecule has 0 aromatic heterocycles. The van der Waals surface area contributed by atoms with Crippen LogP contribution < -0.4 is 20.8 Å². The molecule has 4 rings (SSSR count). The van der Waals surface area contributed by atoms with E-state index in [0.29, 0.717) is 27.8 Å². The van der Waals surface area contributed by atoms with Gasteiger partial charge in [-0.05, 0) is 42.3 Å². The molecule has 0 saturated carbocycles. The molecule has 29 heavy (non-hydrogen) atoms. The van der Waals surface area contributed by atoms with E-state index in [9.17, 15) is 24.9 Å². The first-order valence-corrected chi connectivity index (χ1v) is 8.95. The lowest BCUT2D eigenvalue weighted by Gasteiger charge is -2.17. The van der Waals surface area contributed by atoms with E-state index in [1.807, 2.05) is 0 Å². The number of methoxy groups -OCH3 is 1. The summed E-state index contributed by atoms with van der Waals surface area (Å²) in [5, 5.41) is 31.2. The molecule has 0 saturated heterocycles. The standard InChI is InChI=1S/C23H18O6/c1-11-6-16(25)14-9-15(17(26)8-12-4-3-5-13(24)7-12)23(28)22-18(27)10-19(29-2)20(11)21(14)22/h3-7,9-10,24,26-27H,8H2,1-2H3/b17-15+. The van der Waals surface area contributed by atoms with Crippen molar-refractivity contribution in [2.75, 3.05) is 7.11 Å². The number of benzene rings is 4. The molecule has 2 aromatic carbocycles. The molecule has 0 heterocycles. The molecule has 0 radical (unpaired) electrons. The summed E-state index contributed by atoms with van der Waals surface area (Å²) < 4.78 is 5.34. The summed E-state index contributed by atoms with van der Waals surface area (Å²) in [4.78, 5) is 25.8. The molecule has 0 atom stereocenters. The third kappa shape index (κ3) is 2.89. The van der Waals surface area contributed by atoms with Gasteiger partial charge in [-0.25, -0.2) is 0 Å². The molecule has 3 N–H and O–H groups in total. The Hall–Kier alpha value is -3.80. The maximum atomic E-state index is 13.1. The topological polar surface area (TPSA) is 104 Å². The Labute approximate surface area is 165 Å². The second-order valence-corrected chi connectivity index (χ2v) is 7.01. The van der Waals surface area contributed by atoms with Gasteiger partial charge in [0.05, 0.1) is 17.7 Å². The van der Waals surface area contributed by atoms with Crippen LogP contribution in [0.5, 0.6) is 17.2 Å². The fourth-order valence-electron chi connectivity index (χ4n) is 3.82. The van der Waals surface area contributed by atoms with Gasteiger partial charge in [-0.2, -0.15) is 0 Å². The van der Waals surface area contributed by atoms with E-state index < -0.39 is 5.43 Å². The van der Waals surface area contributed by atoms with Crippen LogP contribution in [0.3, 0.4) is 0 Å². The molecule has 0 aliphatic heterocycles. The average molecular weight is 390 g/mol. The Kier molecular flexibility index (Phi) is 4.27. The Morgan fingerprint density at radius 1 is 1.03 bits per heavy atom. The molecule has 0 fully saturated rings. The fraction of sp³-hybridized carbons (Fsp3) is 0.130. The minimum atomic E-state index is -0.578. The van der Waals surface area contributed by atoms with Crippen molar-refractivity contribution in [1.82, 2.24) is 0 Å². The van der Waals surface area contributed by atoms with Crippen LogP contribution >= 0.6 is 0 Å². The smallest absolute Gasteiger partial charge is 0.200 e. The maximum Gasteiger partial charge on any atom is 0.200 e. The van der Waals surface area contributed by atoms with Crippen LogP contribution in [-0.2, 0) is 6.42 Å². The van der Waals surface area contributed by atoms with Crippen LogP contribution in [0.15, 0.2) is 52.1 Å². The monoisotopic (exact) mass is 390 g/mol. The van der Waals surface area contributed by atoms with Crippen molar-refractivity contribution < 1.29 is 20.1 Å². The number of phenolic OH excluding ortho intramolecular Hbond substituents is 2. The van der Waals surface area contributed by atoms with Crippen LogP contribution in [0.4, 0.5) is 0 Å². The van der Waals surface area contributed by atoms with Crippen molar-refractivity contribution in [2.24, 2.45) is 0 Å². The summed E-state index contributed by atoms with van der Waals surface area (Å²) >= 11 is 0. The van der Waals surface area contributed by atoms with E-state index in [0.717, 1.165) is 0 Å². The highest BCUT2D eigenvalue weighted by molar-refractivity contribution is 6.05. The molecule has 6 heteroatoms. The van der Waals surface area contributed by atoms with E-state index in [4.69, 9.17) is 4.74 Å². The van der Waals surface area contributed by atoms with E-state index in [2.05, 4.69) is 0 Å². The lowest BCUT2D eigenvalue weighted by Crippen LogP contribution is -2.30.